The van der Waals surface area contributed by atoms with E-state index in [9.17, 15) is 4.79 Å². The highest BCUT2D eigenvalue weighted by Crippen LogP contribution is 2.08. The maximum Gasteiger partial charge on any atom is 0.253 e. The van der Waals surface area contributed by atoms with Gasteiger partial charge in [0.1, 0.15) is 0 Å². The molecule has 4 N–H and O–H groups in total. The van der Waals surface area contributed by atoms with Crippen LogP contribution in [0.2, 0.25) is 0 Å². The van der Waals surface area contributed by atoms with Crippen molar-refractivity contribution in [2.75, 3.05) is 5.73 Å². The standard InChI is InChI=1S/C10H11N5O/c11-9-5-12-2-1-8(9)10(16)14-4-7-3-13-6-15-7/h1-3,5-6H,4,11H2,(H,13,15)(H,14,16). The summed E-state index contributed by atoms with van der Waals surface area (Å²) in [4.78, 5) is 22.3. The summed E-state index contributed by atoms with van der Waals surface area (Å²) in [5, 5.41) is 2.72. The number of rotatable bonds is 3. The van der Waals surface area contributed by atoms with Gasteiger partial charge in [0.15, 0.2) is 0 Å². The monoisotopic (exact) mass is 217 g/mol. The molecular weight excluding hydrogens is 206 g/mol. The summed E-state index contributed by atoms with van der Waals surface area (Å²) in [6.07, 6.45) is 6.19. The van der Waals surface area contributed by atoms with Gasteiger partial charge in [-0.1, -0.05) is 0 Å². The average Bonchev–Trinajstić information content (AvgIpc) is 2.79. The van der Waals surface area contributed by atoms with Gasteiger partial charge in [-0.25, -0.2) is 4.98 Å². The Morgan fingerprint density at radius 2 is 2.31 bits per heavy atom. The maximum atomic E-state index is 11.7. The third-order valence-electron chi connectivity index (χ3n) is 2.09. The molecule has 0 saturated carbocycles. The van der Waals surface area contributed by atoms with E-state index in [0.717, 1.165) is 5.69 Å². The zero-order valence-electron chi connectivity index (χ0n) is 8.47. The molecule has 0 spiro atoms. The molecule has 6 heteroatoms. The molecule has 0 saturated heterocycles. The molecule has 0 unspecified atom stereocenters. The second kappa shape index (κ2) is 4.43. The first-order valence-electron chi connectivity index (χ1n) is 4.72. The topological polar surface area (TPSA) is 96.7 Å². The number of aromatic amines is 1. The number of pyridine rings is 1. The first-order valence-corrected chi connectivity index (χ1v) is 4.72. The van der Waals surface area contributed by atoms with Crippen LogP contribution in [0.1, 0.15) is 16.1 Å². The van der Waals surface area contributed by atoms with Crippen LogP contribution in [0.4, 0.5) is 5.69 Å². The Kier molecular flexibility index (Phi) is 2.81. The molecule has 0 aliphatic rings. The molecular formula is C10H11N5O. The number of carbonyl (C=O) groups excluding carboxylic acids is 1. The average molecular weight is 217 g/mol. The van der Waals surface area contributed by atoms with E-state index in [1.165, 1.54) is 12.4 Å². The normalized spacial score (nSPS) is 10.0. The second-order valence-electron chi connectivity index (χ2n) is 3.22. The number of hydrogen-bond acceptors (Lipinski definition) is 4. The van der Waals surface area contributed by atoms with Crippen LogP contribution >= 0.6 is 0 Å². The Labute approximate surface area is 91.9 Å². The maximum absolute atomic E-state index is 11.7. The Morgan fingerprint density at radius 3 is 3.00 bits per heavy atom. The van der Waals surface area contributed by atoms with Crippen molar-refractivity contribution >= 4 is 11.6 Å². The Hall–Kier alpha value is -2.37. The number of carbonyl (C=O) groups is 1. The highest BCUT2D eigenvalue weighted by atomic mass is 16.1. The van der Waals surface area contributed by atoms with E-state index < -0.39 is 0 Å². The van der Waals surface area contributed by atoms with Gasteiger partial charge in [0.2, 0.25) is 0 Å². The molecule has 0 aromatic carbocycles. The third kappa shape index (κ3) is 2.17. The van der Waals surface area contributed by atoms with Crippen LogP contribution < -0.4 is 11.1 Å². The summed E-state index contributed by atoms with van der Waals surface area (Å²) < 4.78 is 0. The molecule has 0 atom stereocenters. The summed E-state index contributed by atoms with van der Waals surface area (Å²) in [6.45, 7) is 0.389. The van der Waals surface area contributed by atoms with Gasteiger partial charge in [-0.05, 0) is 6.07 Å². The lowest BCUT2D eigenvalue weighted by Crippen LogP contribution is -2.24. The van der Waals surface area contributed by atoms with Gasteiger partial charge in [0.05, 0.1) is 36.0 Å². The highest BCUT2D eigenvalue weighted by Gasteiger charge is 2.08. The summed E-state index contributed by atoms with van der Waals surface area (Å²) in [5.41, 5.74) is 7.25. The molecule has 0 radical (unpaired) electrons. The van der Waals surface area contributed by atoms with Crippen molar-refractivity contribution in [3.05, 3.63) is 42.2 Å². The van der Waals surface area contributed by atoms with Gasteiger partial charge < -0.3 is 16.0 Å². The first kappa shape index (κ1) is 10.2. The summed E-state index contributed by atoms with van der Waals surface area (Å²) in [6, 6.07) is 1.58. The van der Waals surface area contributed by atoms with Gasteiger partial charge in [-0.15, -0.1) is 0 Å². The third-order valence-corrected chi connectivity index (χ3v) is 2.09. The molecule has 0 bridgehead atoms. The molecule has 2 aromatic rings. The Balaban J connectivity index is 2.01. The van der Waals surface area contributed by atoms with E-state index in [1.807, 2.05) is 0 Å². The quantitative estimate of drug-likeness (QED) is 0.689. The number of nitrogens with two attached hydrogens (primary N) is 1. The summed E-state index contributed by atoms with van der Waals surface area (Å²) >= 11 is 0. The zero-order valence-corrected chi connectivity index (χ0v) is 8.47. The van der Waals surface area contributed by atoms with Gasteiger partial charge >= 0.3 is 0 Å². The highest BCUT2D eigenvalue weighted by molar-refractivity contribution is 5.98. The Bertz CT molecular complexity index is 480. The number of nitrogens with one attached hydrogen (secondary N) is 2. The molecule has 2 heterocycles. The minimum Gasteiger partial charge on any atom is -0.397 e. The predicted octanol–water partition coefficient (Wildman–Crippen LogP) is 0.317. The van der Waals surface area contributed by atoms with E-state index in [0.29, 0.717) is 17.8 Å². The lowest BCUT2D eigenvalue weighted by molar-refractivity contribution is 0.0951. The zero-order chi connectivity index (χ0) is 11.4. The van der Waals surface area contributed by atoms with Crippen molar-refractivity contribution < 1.29 is 4.79 Å². The van der Waals surface area contributed by atoms with Crippen LogP contribution in [0.25, 0.3) is 0 Å². The van der Waals surface area contributed by atoms with Crippen LogP contribution in [-0.4, -0.2) is 20.9 Å². The molecule has 1 amide bonds. The minimum absolute atomic E-state index is 0.227. The lowest BCUT2D eigenvalue weighted by Gasteiger charge is -2.05. The van der Waals surface area contributed by atoms with Gasteiger partial charge in [-0.3, -0.25) is 9.78 Å². The number of hydrogen-bond donors (Lipinski definition) is 3. The summed E-state index contributed by atoms with van der Waals surface area (Å²) in [7, 11) is 0. The van der Waals surface area contributed by atoms with E-state index in [4.69, 9.17) is 5.73 Å². The van der Waals surface area contributed by atoms with Crippen LogP contribution in [0.5, 0.6) is 0 Å². The van der Waals surface area contributed by atoms with E-state index in [2.05, 4.69) is 20.3 Å². The Morgan fingerprint density at radius 1 is 1.44 bits per heavy atom. The van der Waals surface area contributed by atoms with Gasteiger partial charge in [-0.2, -0.15) is 0 Å². The smallest absolute Gasteiger partial charge is 0.253 e. The number of nitrogens with zero attached hydrogens (tertiary/aromatic N) is 2. The number of nitrogen functional groups attached to an aromatic ring is 1. The lowest BCUT2D eigenvalue weighted by atomic mass is 10.2. The fourth-order valence-electron chi connectivity index (χ4n) is 1.27. The first-order chi connectivity index (χ1) is 7.77. The summed E-state index contributed by atoms with van der Waals surface area (Å²) in [5.74, 6) is -0.227. The molecule has 2 aromatic heterocycles. The number of anilines is 1. The molecule has 2 rings (SSSR count). The number of amides is 1. The molecule has 0 aliphatic heterocycles. The van der Waals surface area contributed by atoms with E-state index in [-0.39, 0.29) is 5.91 Å². The van der Waals surface area contributed by atoms with E-state index >= 15 is 0 Å². The van der Waals surface area contributed by atoms with Crippen molar-refractivity contribution in [3.8, 4) is 0 Å². The van der Waals surface area contributed by atoms with Crippen molar-refractivity contribution in [2.24, 2.45) is 0 Å². The molecule has 0 aliphatic carbocycles. The molecule has 16 heavy (non-hydrogen) atoms. The van der Waals surface area contributed by atoms with Crippen molar-refractivity contribution in [1.82, 2.24) is 20.3 Å². The van der Waals surface area contributed by atoms with Crippen LogP contribution in [0.15, 0.2) is 31.0 Å². The fraction of sp³-hybridized carbons (Fsp3) is 0.100. The number of imidazole rings is 1. The fourth-order valence-corrected chi connectivity index (χ4v) is 1.27. The second-order valence-corrected chi connectivity index (χ2v) is 3.22. The van der Waals surface area contributed by atoms with Crippen LogP contribution in [0, 0.1) is 0 Å². The van der Waals surface area contributed by atoms with Gasteiger partial charge in [0, 0.05) is 12.4 Å². The van der Waals surface area contributed by atoms with Crippen LogP contribution in [-0.2, 0) is 6.54 Å². The largest absolute Gasteiger partial charge is 0.397 e. The predicted molar refractivity (Wildman–Crippen MR) is 58.4 cm³/mol. The van der Waals surface area contributed by atoms with Crippen LogP contribution in [0.3, 0.4) is 0 Å². The van der Waals surface area contributed by atoms with Gasteiger partial charge in [0.25, 0.3) is 5.91 Å². The molecule has 0 fully saturated rings. The molecule has 82 valence electrons. The SMILES string of the molecule is Nc1cnccc1C(=O)NCc1cnc[nH]1. The van der Waals surface area contributed by atoms with Crippen molar-refractivity contribution in [3.63, 3.8) is 0 Å². The minimum atomic E-state index is -0.227. The van der Waals surface area contributed by atoms with Crippen molar-refractivity contribution in [2.45, 2.75) is 6.54 Å². The number of aromatic nitrogens is 3. The number of H-pyrrole nitrogens is 1. The van der Waals surface area contributed by atoms with E-state index in [1.54, 1.807) is 18.6 Å². The molecule has 6 nitrogen and oxygen atoms in total. The van der Waals surface area contributed by atoms with Crippen molar-refractivity contribution in [1.29, 1.82) is 0 Å².